The van der Waals surface area contributed by atoms with Crippen LogP contribution in [0.5, 0.6) is 0 Å². The summed E-state index contributed by atoms with van der Waals surface area (Å²) in [4.78, 5) is 10.2. The molecule has 2 aromatic heterocycles. The van der Waals surface area contributed by atoms with Crippen LogP contribution in [0.3, 0.4) is 0 Å². The topological polar surface area (TPSA) is 151 Å². The van der Waals surface area contributed by atoms with E-state index in [1.807, 2.05) is 0 Å². The van der Waals surface area contributed by atoms with E-state index in [4.69, 9.17) is 13.5 Å². The van der Waals surface area contributed by atoms with Crippen LogP contribution in [0.1, 0.15) is 12.8 Å². The third kappa shape index (κ3) is 6.49. The van der Waals surface area contributed by atoms with Crippen molar-refractivity contribution in [2.45, 2.75) is 12.8 Å². The molecule has 0 unspecified atom stereocenters. The number of rotatable bonds is 10. The third-order valence-corrected chi connectivity index (χ3v) is 5.93. The SMILES string of the molecule is O=S(=O)(O)CCCN(CCCS(=O)(=O)O)c1ccc2nc(-c3ccncc3)oc2c1. The lowest BCUT2D eigenvalue weighted by Crippen LogP contribution is -2.28. The van der Waals surface area contributed by atoms with Gasteiger partial charge in [0.2, 0.25) is 5.89 Å². The first-order valence-electron chi connectivity index (χ1n) is 9.07. The Labute approximate surface area is 174 Å². The van der Waals surface area contributed by atoms with Gasteiger partial charge in [-0.3, -0.25) is 14.1 Å². The number of aromatic nitrogens is 2. The van der Waals surface area contributed by atoms with Crippen LogP contribution in [0.15, 0.2) is 47.1 Å². The van der Waals surface area contributed by atoms with E-state index in [9.17, 15) is 16.8 Å². The fraction of sp³-hybridized carbons (Fsp3) is 0.333. The average molecular weight is 456 g/mol. The van der Waals surface area contributed by atoms with Crippen LogP contribution in [-0.4, -0.2) is 60.5 Å². The summed E-state index contributed by atoms with van der Waals surface area (Å²) in [5.74, 6) is -0.411. The van der Waals surface area contributed by atoms with Crippen molar-refractivity contribution in [1.82, 2.24) is 9.97 Å². The maximum Gasteiger partial charge on any atom is 0.264 e. The molecule has 0 amide bonds. The first kappa shape index (κ1) is 22.2. The Morgan fingerprint density at radius 2 is 1.50 bits per heavy atom. The number of anilines is 1. The van der Waals surface area contributed by atoms with Crippen LogP contribution in [0.25, 0.3) is 22.6 Å². The smallest absolute Gasteiger partial charge is 0.264 e. The molecule has 3 rings (SSSR count). The lowest BCUT2D eigenvalue weighted by Gasteiger charge is -2.24. The first-order valence-corrected chi connectivity index (χ1v) is 12.3. The van der Waals surface area contributed by atoms with Gasteiger partial charge in [-0.05, 0) is 37.1 Å². The molecule has 2 heterocycles. The Kier molecular flexibility index (Phi) is 6.71. The highest BCUT2D eigenvalue weighted by Gasteiger charge is 2.15. The van der Waals surface area contributed by atoms with E-state index in [2.05, 4.69) is 9.97 Å². The molecule has 0 radical (unpaired) electrons. The standard InChI is InChI=1S/C18H21N3O7S2/c22-29(23,24)11-1-9-21(10-2-12-30(25,26)27)15-3-4-16-17(13-15)28-18(20-16)14-5-7-19-8-6-14/h3-8,13H,1-2,9-12H2,(H,22,23,24)(H,25,26,27). The second kappa shape index (κ2) is 9.08. The van der Waals surface area contributed by atoms with Crippen LogP contribution < -0.4 is 4.90 Å². The van der Waals surface area contributed by atoms with E-state index in [0.29, 0.717) is 22.7 Å². The normalized spacial score (nSPS) is 12.3. The summed E-state index contributed by atoms with van der Waals surface area (Å²) < 4.78 is 67.7. The van der Waals surface area contributed by atoms with Crippen molar-refractivity contribution in [3.63, 3.8) is 0 Å². The van der Waals surface area contributed by atoms with Crippen molar-refractivity contribution in [1.29, 1.82) is 0 Å². The number of oxazole rings is 1. The molecule has 0 aliphatic rings. The van der Waals surface area contributed by atoms with Crippen molar-refractivity contribution in [3.8, 4) is 11.5 Å². The van der Waals surface area contributed by atoms with Gasteiger partial charge in [-0.15, -0.1) is 0 Å². The molecule has 0 saturated heterocycles. The molecule has 2 N–H and O–H groups in total. The van der Waals surface area contributed by atoms with Gasteiger partial charge in [-0.25, -0.2) is 4.98 Å². The van der Waals surface area contributed by atoms with Gasteiger partial charge >= 0.3 is 0 Å². The van der Waals surface area contributed by atoms with E-state index in [1.54, 1.807) is 47.6 Å². The van der Waals surface area contributed by atoms with Crippen LogP contribution in [0.2, 0.25) is 0 Å². The number of nitrogens with zero attached hydrogens (tertiary/aromatic N) is 3. The molecule has 3 aromatic rings. The number of pyridine rings is 1. The zero-order valence-electron chi connectivity index (χ0n) is 15.9. The van der Waals surface area contributed by atoms with Gasteiger partial charge in [0.1, 0.15) is 5.52 Å². The zero-order chi connectivity index (χ0) is 21.8. The van der Waals surface area contributed by atoms with Crippen LogP contribution in [0.4, 0.5) is 5.69 Å². The highest BCUT2D eigenvalue weighted by Crippen LogP contribution is 2.27. The minimum Gasteiger partial charge on any atom is -0.436 e. The fourth-order valence-corrected chi connectivity index (χ4v) is 3.96. The summed E-state index contributed by atoms with van der Waals surface area (Å²) >= 11 is 0. The summed E-state index contributed by atoms with van der Waals surface area (Å²) in [5, 5.41) is 0. The predicted molar refractivity (Wildman–Crippen MR) is 112 cm³/mol. The molecule has 0 bridgehead atoms. The Morgan fingerprint density at radius 3 is 2.07 bits per heavy atom. The Hall–Kier alpha value is -2.54. The minimum absolute atomic E-state index is 0.140. The van der Waals surface area contributed by atoms with Crippen molar-refractivity contribution in [2.75, 3.05) is 29.5 Å². The van der Waals surface area contributed by atoms with Gasteiger partial charge in [-0.1, -0.05) is 0 Å². The molecule has 30 heavy (non-hydrogen) atoms. The van der Waals surface area contributed by atoms with E-state index < -0.39 is 31.7 Å². The second-order valence-electron chi connectivity index (χ2n) is 6.67. The summed E-state index contributed by atoms with van der Waals surface area (Å²) in [7, 11) is -8.21. The maximum absolute atomic E-state index is 11.0. The minimum atomic E-state index is -4.10. The van der Waals surface area contributed by atoms with Gasteiger partial charge in [0.25, 0.3) is 20.2 Å². The van der Waals surface area contributed by atoms with Gasteiger partial charge < -0.3 is 9.32 Å². The number of fused-ring (bicyclic) bond motifs is 1. The second-order valence-corrected chi connectivity index (χ2v) is 9.82. The number of hydrogen-bond donors (Lipinski definition) is 2. The monoisotopic (exact) mass is 455 g/mol. The first-order chi connectivity index (χ1) is 14.1. The molecule has 0 atom stereocenters. The van der Waals surface area contributed by atoms with Crippen molar-refractivity contribution in [2.24, 2.45) is 0 Å². The van der Waals surface area contributed by atoms with E-state index in [-0.39, 0.29) is 25.9 Å². The molecule has 12 heteroatoms. The molecule has 0 aliphatic heterocycles. The van der Waals surface area contributed by atoms with Gasteiger partial charge in [0, 0.05) is 42.8 Å². The van der Waals surface area contributed by atoms with Crippen LogP contribution in [0, 0.1) is 0 Å². The molecule has 0 saturated carbocycles. The molecular weight excluding hydrogens is 434 g/mol. The summed E-state index contributed by atoms with van der Waals surface area (Å²) in [6.07, 6.45) is 3.53. The highest BCUT2D eigenvalue weighted by molar-refractivity contribution is 7.86. The third-order valence-electron chi connectivity index (χ3n) is 4.33. The quantitative estimate of drug-likeness (QED) is 0.435. The lowest BCUT2D eigenvalue weighted by molar-refractivity contribution is 0.480. The molecule has 162 valence electrons. The van der Waals surface area contributed by atoms with Crippen LogP contribution >= 0.6 is 0 Å². The average Bonchev–Trinajstić information content (AvgIpc) is 3.09. The van der Waals surface area contributed by atoms with Gasteiger partial charge in [-0.2, -0.15) is 16.8 Å². The van der Waals surface area contributed by atoms with Crippen molar-refractivity contribution < 1.29 is 30.4 Å². The van der Waals surface area contributed by atoms with Gasteiger partial charge in [0.15, 0.2) is 5.58 Å². The Morgan fingerprint density at radius 1 is 0.900 bits per heavy atom. The van der Waals surface area contributed by atoms with Crippen LogP contribution in [-0.2, 0) is 20.2 Å². The predicted octanol–water partition coefficient (Wildman–Crippen LogP) is 2.25. The summed E-state index contributed by atoms with van der Waals surface area (Å²) in [6.45, 7) is 0.504. The van der Waals surface area contributed by atoms with E-state index >= 15 is 0 Å². The zero-order valence-corrected chi connectivity index (χ0v) is 17.5. The van der Waals surface area contributed by atoms with E-state index in [0.717, 1.165) is 5.56 Å². The summed E-state index contributed by atoms with van der Waals surface area (Å²) in [5.41, 5.74) is 2.57. The lowest BCUT2D eigenvalue weighted by atomic mass is 10.2. The highest BCUT2D eigenvalue weighted by atomic mass is 32.2. The Bertz CT molecular complexity index is 1170. The summed E-state index contributed by atoms with van der Waals surface area (Å²) in [6, 6.07) is 8.78. The van der Waals surface area contributed by atoms with Gasteiger partial charge in [0.05, 0.1) is 11.5 Å². The largest absolute Gasteiger partial charge is 0.436 e. The van der Waals surface area contributed by atoms with E-state index in [1.165, 1.54) is 0 Å². The number of benzene rings is 1. The maximum atomic E-state index is 11.0. The molecule has 1 aromatic carbocycles. The fourth-order valence-electron chi connectivity index (χ4n) is 2.97. The molecule has 0 spiro atoms. The van der Waals surface area contributed by atoms with Crippen molar-refractivity contribution >= 4 is 37.0 Å². The Balaban J connectivity index is 1.82. The number of hydrogen-bond acceptors (Lipinski definition) is 8. The van der Waals surface area contributed by atoms with Crippen molar-refractivity contribution in [3.05, 3.63) is 42.7 Å². The molecular formula is C18H21N3O7S2. The molecule has 0 aliphatic carbocycles. The molecule has 10 nitrogen and oxygen atoms in total. The molecule has 0 fully saturated rings.